The predicted octanol–water partition coefficient (Wildman–Crippen LogP) is 4.93. The number of halogens is 3. The molecule has 0 aliphatic carbocycles. The molecular formula is C18H16ClF2N3O2S. The van der Waals surface area contributed by atoms with Gasteiger partial charge in [-0.15, -0.1) is 0 Å². The molecule has 1 atom stereocenters. The van der Waals surface area contributed by atoms with Crippen LogP contribution in [0.5, 0.6) is 5.75 Å². The number of anilines is 1. The molecule has 0 bridgehead atoms. The van der Waals surface area contributed by atoms with Crippen LogP contribution in [-0.4, -0.2) is 28.2 Å². The molecule has 1 heterocycles. The first-order valence-electron chi connectivity index (χ1n) is 7.95. The zero-order valence-corrected chi connectivity index (χ0v) is 16.3. The third kappa shape index (κ3) is 4.17. The molecule has 5 nitrogen and oxygen atoms in total. The lowest BCUT2D eigenvalue weighted by atomic mass is 10.2. The largest absolute Gasteiger partial charge is 0.495 e. The number of nitrogens with one attached hydrogen (secondary N) is 2. The zero-order valence-electron chi connectivity index (χ0n) is 14.7. The van der Waals surface area contributed by atoms with E-state index in [1.165, 1.54) is 7.11 Å². The molecule has 2 aromatic carbocycles. The van der Waals surface area contributed by atoms with Crippen molar-refractivity contribution in [1.82, 2.24) is 9.97 Å². The van der Waals surface area contributed by atoms with Crippen LogP contribution in [0.3, 0.4) is 0 Å². The van der Waals surface area contributed by atoms with Gasteiger partial charge in [0.2, 0.25) is 5.91 Å². The number of amides is 1. The van der Waals surface area contributed by atoms with Gasteiger partial charge in [0.1, 0.15) is 5.75 Å². The van der Waals surface area contributed by atoms with E-state index in [1.807, 2.05) is 6.92 Å². The number of carbonyl (C=O) groups is 1. The monoisotopic (exact) mass is 411 g/mol. The van der Waals surface area contributed by atoms with Crippen molar-refractivity contribution in [1.29, 1.82) is 0 Å². The van der Waals surface area contributed by atoms with E-state index >= 15 is 0 Å². The van der Waals surface area contributed by atoms with Crippen molar-refractivity contribution in [3.8, 4) is 5.75 Å². The van der Waals surface area contributed by atoms with Crippen LogP contribution < -0.4 is 10.1 Å². The van der Waals surface area contributed by atoms with E-state index < -0.39 is 16.9 Å². The van der Waals surface area contributed by atoms with Gasteiger partial charge >= 0.3 is 0 Å². The number of thioether (sulfide) groups is 1. The Morgan fingerprint density at radius 1 is 1.30 bits per heavy atom. The minimum atomic E-state index is -0.971. The molecule has 0 aliphatic heterocycles. The van der Waals surface area contributed by atoms with Gasteiger partial charge in [0.05, 0.1) is 29.1 Å². The highest BCUT2D eigenvalue weighted by Crippen LogP contribution is 2.32. The number of ether oxygens (including phenoxy) is 1. The summed E-state index contributed by atoms with van der Waals surface area (Å²) in [6.07, 6.45) is 0. The molecule has 0 saturated heterocycles. The van der Waals surface area contributed by atoms with Gasteiger partial charge in [0.15, 0.2) is 16.8 Å². The summed E-state index contributed by atoms with van der Waals surface area (Å²) in [4.78, 5) is 19.6. The second-order valence-corrected chi connectivity index (χ2v) is 7.61. The number of methoxy groups -OCH3 is 1. The molecule has 9 heteroatoms. The second kappa shape index (κ2) is 7.74. The van der Waals surface area contributed by atoms with Crippen LogP contribution >= 0.6 is 23.4 Å². The van der Waals surface area contributed by atoms with Crippen molar-refractivity contribution < 1.29 is 18.3 Å². The Hall–Kier alpha value is -2.32. The van der Waals surface area contributed by atoms with Gasteiger partial charge in [0, 0.05) is 23.2 Å². The molecular weight excluding hydrogens is 396 g/mol. The van der Waals surface area contributed by atoms with E-state index in [2.05, 4.69) is 15.3 Å². The van der Waals surface area contributed by atoms with E-state index in [1.54, 1.807) is 19.1 Å². The number of nitrogens with zero attached hydrogens (tertiary/aromatic N) is 1. The molecule has 0 fully saturated rings. The average molecular weight is 412 g/mol. The van der Waals surface area contributed by atoms with E-state index in [0.29, 0.717) is 32.6 Å². The van der Waals surface area contributed by atoms with Crippen molar-refractivity contribution in [3.05, 3.63) is 46.5 Å². The van der Waals surface area contributed by atoms with Crippen LogP contribution in [0.4, 0.5) is 14.5 Å². The molecule has 1 aromatic heterocycles. The SMILES string of the molecule is COc1cc(Cl)c(C)cc1NC(=O)C(C)Sc1nc2cc(F)c(F)cc2[nH]1. The number of hydrogen-bond acceptors (Lipinski definition) is 4. The summed E-state index contributed by atoms with van der Waals surface area (Å²) in [6.45, 7) is 3.52. The lowest BCUT2D eigenvalue weighted by Crippen LogP contribution is -2.23. The van der Waals surface area contributed by atoms with Gasteiger partial charge in [-0.25, -0.2) is 13.8 Å². The number of rotatable bonds is 5. The summed E-state index contributed by atoms with van der Waals surface area (Å²) in [5.41, 5.74) is 1.96. The second-order valence-electron chi connectivity index (χ2n) is 5.88. The van der Waals surface area contributed by atoms with Crippen LogP contribution in [0.2, 0.25) is 5.02 Å². The van der Waals surface area contributed by atoms with E-state index in [4.69, 9.17) is 16.3 Å². The van der Waals surface area contributed by atoms with Gasteiger partial charge in [-0.05, 0) is 25.5 Å². The van der Waals surface area contributed by atoms with Crippen molar-refractivity contribution in [2.24, 2.45) is 0 Å². The summed E-state index contributed by atoms with van der Waals surface area (Å²) in [6, 6.07) is 5.40. The van der Waals surface area contributed by atoms with Gasteiger partial charge < -0.3 is 15.0 Å². The fraction of sp³-hybridized carbons (Fsp3) is 0.222. The standard InChI is InChI=1S/C18H16ClF2N3O2S/c1-8-4-15(16(26-3)5-10(8)19)22-17(25)9(2)27-18-23-13-6-11(20)12(21)7-14(13)24-18/h4-7,9H,1-3H3,(H,22,25)(H,23,24). The third-order valence-corrected chi connectivity index (χ3v) is 5.29. The van der Waals surface area contributed by atoms with E-state index in [0.717, 1.165) is 29.5 Å². The fourth-order valence-electron chi connectivity index (χ4n) is 2.42. The number of aromatic amines is 1. The number of imidazole rings is 1. The predicted molar refractivity (Wildman–Crippen MR) is 103 cm³/mol. The van der Waals surface area contributed by atoms with Crippen LogP contribution in [0.1, 0.15) is 12.5 Å². The third-order valence-electron chi connectivity index (χ3n) is 3.90. The lowest BCUT2D eigenvalue weighted by molar-refractivity contribution is -0.115. The maximum atomic E-state index is 13.3. The summed E-state index contributed by atoms with van der Waals surface area (Å²) in [5, 5.41) is 3.19. The topological polar surface area (TPSA) is 67.0 Å². The van der Waals surface area contributed by atoms with Crippen LogP contribution in [0.25, 0.3) is 11.0 Å². The summed E-state index contributed by atoms with van der Waals surface area (Å²) in [5.74, 6) is -1.76. The molecule has 2 N–H and O–H groups in total. The number of aromatic nitrogens is 2. The molecule has 0 aliphatic rings. The van der Waals surface area contributed by atoms with Gasteiger partial charge in [-0.3, -0.25) is 4.79 Å². The Labute approximate surface area is 163 Å². The molecule has 142 valence electrons. The number of aryl methyl sites for hydroxylation is 1. The van der Waals surface area contributed by atoms with E-state index in [9.17, 15) is 13.6 Å². The normalized spacial score (nSPS) is 12.2. The maximum Gasteiger partial charge on any atom is 0.237 e. The Kier molecular flexibility index (Phi) is 5.57. The molecule has 27 heavy (non-hydrogen) atoms. The van der Waals surface area contributed by atoms with Crippen molar-refractivity contribution in [2.45, 2.75) is 24.3 Å². The van der Waals surface area contributed by atoms with Crippen molar-refractivity contribution in [3.63, 3.8) is 0 Å². The molecule has 1 amide bonds. The first-order chi connectivity index (χ1) is 12.8. The van der Waals surface area contributed by atoms with Crippen LogP contribution in [0, 0.1) is 18.6 Å². The molecule has 1 unspecified atom stereocenters. The Bertz CT molecular complexity index is 986. The highest BCUT2D eigenvalue weighted by molar-refractivity contribution is 8.00. The molecule has 0 saturated carbocycles. The van der Waals surface area contributed by atoms with Crippen molar-refractivity contribution in [2.75, 3.05) is 12.4 Å². The van der Waals surface area contributed by atoms with Gasteiger partial charge in [-0.1, -0.05) is 23.4 Å². The van der Waals surface area contributed by atoms with Gasteiger partial charge in [0.25, 0.3) is 0 Å². The molecule has 0 spiro atoms. The maximum absolute atomic E-state index is 13.3. The highest BCUT2D eigenvalue weighted by Gasteiger charge is 2.19. The molecule has 3 aromatic rings. The Balaban J connectivity index is 1.75. The summed E-state index contributed by atoms with van der Waals surface area (Å²) in [7, 11) is 1.49. The summed E-state index contributed by atoms with van der Waals surface area (Å²) >= 11 is 7.21. The Morgan fingerprint density at radius 3 is 2.70 bits per heavy atom. The number of hydrogen-bond donors (Lipinski definition) is 2. The van der Waals surface area contributed by atoms with Crippen molar-refractivity contribution >= 4 is 46.0 Å². The van der Waals surface area contributed by atoms with Crippen LogP contribution in [0.15, 0.2) is 29.4 Å². The average Bonchev–Trinajstić information content (AvgIpc) is 2.99. The minimum absolute atomic E-state index is 0.280. The molecule has 3 rings (SSSR count). The zero-order chi connectivity index (χ0) is 19.7. The Morgan fingerprint density at radius 2 is 2.00 bits per heavy atom. The number of carbonyl (C=O) groups excluding carboxylic acids is 1. The lowest BCUT2D eigenvalue weighted by Gasteiger charge is -2.14. The number of H-pyrrole nitrogens is 1. The van der Waals surface area contributed by atoms with Gasteiger partial charge in [-0.2, -0.15) is 0 Å². The van der Waals surface area contributed by atoms with Crippen LogP contribution in [-0.2, 0) is 4.79 Å². The van der Waals surface area contributed by atoms with E-state index in [-0.39, 0.29) is 5.91 Å². The first kappa shape index (κ1) is 19.4. The highest BCUT2D eigenvalue weighted by atomic mass is 35.5. The molecule has 0 radical (unpaired) electrons. The summed E-state index contributed by atoms with van der Waals surface area (Å²) < 4.78 is 31.9. The number of benzene rings is 2. The quantitative estimate of drug-likeness (QED) is 0.584. The minimum Gasteiger partial charge on any atom is -0.495 e. The first-order valence-corrected chi connectivity index (χ1v) is 9.20. The number of fused-ring (bicyclic) bond motifs is 1. The fourth-order valence-corrected chi connectivity index (χ4v) is 3.40. The smallest absolute Gasteiger partial charge is 0.237 e.